The summed E-state index contributed by atoms with van der Waals surface area (Å²) >= 11 is 3.37. The van der Waals surface area contributed by atoms with Crippen LogP contribution in [0, 0.1) is 0 Å². The number of benzene rings is 1. The van der Waals surface area contributed by atoms with E-state index in [0.717, 1.165) is 15.6 Å². The third-order valence-corrected chi connectivity index (χ3v) is 3.37. The Hall–Kier alpha value is -1.72. The molecule has 5 heteroatoms. The molecule has 0 fully saturated rings. The lowest BCUT2D eigenvalue weighted by molar-refractivity contribution is -0.145. The molecule has 1 aromatic heterocycles. The highest BCUT2D eigenvalue weighted by atomic mass is 79.9. The molecule has 1 aromatic carbocycles. The molecule has 0 saturated heterocycles. The van der Waals surface area contributed by atoms with Gasteiger partial charge in [0.1, 0.15) is 6.04 Å². The molecular weight excluding hydrogens is 332 g/mol. The van der Waals surface area contributed by atoms with E-state index in [1.54, 1.807) is 19.3 Å². The van der Waals surface area contributed by atoms with Crippen LogP contribution in [0.25, 0.3) is 0 Å². The number of hydrogen-bond acceptors (Lipinski definition) is 4. The van der Waals surface area contributed by atoms with Crippen LogP contribution in [0.15, 0.2) is 53.3 Å². The van der Waals surface area contributed by atoms with Crippen LogP contribution >= 0.6 is 15.9 Å². The van der Waals surface area contributed by atoms with Crippen molar-refractivity contribution >= 4 is 21.9 Å². The van der Waals surface area contributed by atoms with Gasteiger partial charge in [0, 0.05) is 23.4 Å². The maximum atomic E-state index is 12.1. The molecule has 0 aliphatic heterocycles. The number of aromatic nitrogens is 1. The van der Waals surface area contributed by atoms with E-state index in [2.05, 4.69) is 26.2 Å². The van der Waals surface area contributed by atoms with Crippen molar-refractivity contribution in [1.29, 1.82) is 0 Å². The SMILES string of the molecule is CCOC(=O)C(NCc1ccccc1)c1cncc(Br)c1. The zero-order valence-electron chi connectivity index (χ0n) is 11.8. The number of nitrogens with one attached hydrogen (secondary N) is 1. The van der Waals surface area contributed by atoms with Gasteiger partial charge < -0.3 is 4.74 Å². The van der Waals surface area contributed by atoms with Gasteiger partial charge in [0.05, 0.1) is 6.61 Å². The van der Waals surface area contributed by atoms with Gasteiger partial charge in [-0.25, -0.2) is 4.79 Å². The first-order valence-corrected chi connectivity index (χ1v) is 7.54. The van der Waals surface area contributed by atoms with E-state index in [4.69, 9.17) is 4.74 Å². The Bertz CT molecular complexity index is 590. The minimum Gasteiger partial charge on any atom is -0.465 e. The van der Waals surface area contributed by atoms with Gasteiger partial charge in [0.2, 0.25) is 0 Å². The molecule has 0 aliphatic carbocycles. The van der Waals surface area contributed by atoms with Crippen molar-refractivity contribution in [2.24, 2.45) is 0 Å². The van der Waals surface area contributed by atoms with Gasteiger partial charge in [-0.3, -0.25) is 10.3 Å². The monoisotopic (exact) mass is 348 g/mol. The lowest BCUT2D eigenvalue weighted by Gasteiger charge is -2.17. The fraction of sp³-hybridized carbons (Fsp3) is 0.250. The van der Waals surface area contributed by atoms with Gasteiger partial charge in [0.15, 0.2) is 0 Å². The fourth-order valence-electron chi connectivity index (χ4n) is 1.96. The maximum absolute atomic E-state index is 12.1. The highest BCUT2D eigenvalue weighted by Gasteiger charge is 2.22. The van der Waals surface area contributed by atoms with E-state index in [-0.39, 0.29) is 5.97 Å². The summed E-state index contributed by atoms with van der Waals surface area (Å²) in [5.41, 5.74) is 1.88. The summed E-state index contributed by atoms with van der Waals surface area (Å²) in [6.07, 6.45) is 3.35. The Morgan fingerprint density at radius 3 is 2.76 bits per heavy atom. The molecule has 4 nitrogen and oxygen atoms in total. The lowest BCUT2D eigenvalue weighted by Crippen LogP contribution is -2.30. The van der Waals surface area contributed by atoms with E-state index in [1.807, 2.05) is 36.4 Å². The van der Waals surface area contributed by atoms with Gasteiger partial charge in [-0.15, -0.1) is 0 Å². The van der Waals surface area contributed by atoms with E-state index >= 15 is 0 Å². The highest BCUT2D eigenvalue weighted by Crippen LogP contribution is 2.19. The van der Waals surface area contributed by atoms with E-state index in [1.165, 1.54) is 0 Å². The molecule has 2 rings (SSSR count). The number of carbonyl (C=O) groups is 1. The number of esters is 1. The molecule has 1 atom stereocenters. The second-order valence-electron chi connectivity index (χ2n) is 4.49. The molecule has 110 valence electrons. The van der Waals surface area contributed by atoms with Crippen LogP contribution in [0.5, 0.6) is 0 Å². The van der Waals surface area contributed by atoms with Gasteiger partial charge in [0.25, 0.3) is 0 Å². The minimum atomic E-state index is -0.532. The van der Waals surface area contributed by atoms with Crippen LogP contribution in [0.1, 0.15) is 24.1 Å². The van der Waals surface area contributed by atoms with Crippen LogP contribution in [-0.4, -0.2) is 17.6 Å². The first-order chi connectivity index (χ1) is 10.2. The zero-order chi connectivity index (χ0) is 15.1. The first-order valence-electron chi connectivity index (χ1n) is 6.75. The second-order valence-corrected chi connectivity index (χ2v) is 5.40. The van der Waals surface area contributed by atoms with Crippen molar-refractivity contribution in [3.63, 3.8) is 0 Å². The van der Waals surface area contributed by atoms with Crippen molar-refractivity contribution in [3.05, 3.63) is 64.4 Å². The summed E-state index contributed by atoms with van der Waals surface area (Å²) < 4.78 is 5.97. The first kappa shape index (κ1) is 15.7. The van der Waals surface area contributed by atoms with Crippen LogP contribution in [0.3, 0.4) is 0 Å². The summed E-state index contributed by atoms with van der Waals surface area (Å²) in [5, 5.41) is 3.23. The number of halogens is 1. The summed E-state index contributed by atoms with van der Waals surface area (Å²) in [6, 6.07) is 11.3. The summed E-state index contributed by atoms with van der Waals surface area (Å²) in [6.45, 7) is 2.73. The Balaban J connectivity index is 2.14. The Kier molecular flexibility index (Phi) is 5.90. The summed E-state index contributed by atoms with van der Waals surface area (Å²) in [4.78, 5) is 16.3. The molecule has 0 radical (unpaired) electrons. The topological polar surface area (TPSA) is 51.2 Å². The van der Waals surface area contributed by atoms with E-state index in [0.29, 0.717) is 13.2 Å². The largest absolute Gasteiger partial charge is 0.465 e. The average molecular weight is 349 g/mol. The minimum absolute atomic E-state index is 0.298. The molecule has 1 unspecified atom stereocenters. The number of hydrogen-bond donors (Lipinski definition) is 1. The molecule has 0 bridgehead atoms. The van der Waals surface area contributed by atoms with E-state index in [9.17, 15) is 4.79 Å². The summed E-state index contributed by atoms with van der Waals surface area (Å²) in [7, 11) is 0. The number of carbonyl (C=O) groups excluding carboxylic acids is 1. The molecule has 0 saturated carbocycles. The van der Waals surface area contributed by atoms with Gasteiger partial charge in [-0.1, -0.05) is 30.3 Å². The Labute approximate surface area is 132 Å². The number of rotatable bonds is 6. The Morgan fingerprint density at radius 2 is 2.10 bits per heavy atom. The lowest BCUT2D eigenvalue weighted by atomic mass is 10.1. The van der Waals surface area contributed by atoms with Crippen molar-refractivity contribution < 1.29 is 9.53 Å². The van der Waals surface area contributed by atoms with Crippen LogP contribution in [-0.2, 0) is 16.1 Å². The van der Waals surface area contributed by atoms with Gasteiger partial charge in [-0.05, 0) is 40.0 Å². The molecular formula is C16H17BrN2O2. The van der Waals surface area contributed by atoms with Crippen molar-refractivity contribution in [2.75, 3.05) is 6.61 Å². The molecule has 2 aromatic rings. The van der Waals surface area contributed by atoms with Crippen LogP contribution in [0.4, 0.5) is 0 Å². The number of pyridine rings is 1. The van der Waals surface area contributed by atoms with Crippen molar-refractivity contribution in [1.82, 2.24) is 10.3 Å². The smallest absolute Gasteiger partial charge is 0.327 e. The number of nitrogens with zero attached hydrogens (tertiary/aromatic N) is 1. The van der Waals surface area contributed by atoms with Gasteiger partial charge in [-0.2, -0.15) is 0 Å². The maximum Gasteiger partial charge on any atom is 0.327 e. The quantitative estimate of drug-likeness (QED) is 0.814. The standard InChI is InChI=1S/C16H17BrN2O2/c1-2-21-16(20)15(13-8-14(17)11-18-10-13)19-9-12-6-4-3-5-7-12/h3-8,10-11,15,19H,2,9H2,1H3. The average Bonchev–Trinajstić information content (AvgIpc) is 2.49. The third-order valence-electron chi connectivity index (χ3n) is 2.93. The van der Waals surface area contributed by atoms with Crippen LogP contribution in [0.2, 0.25) is 0 Å². The molecule has 1 N–H and O–H groups in total. The predicted molar refractivity (Wildman–Crippen MR) is 84.6 cm³/mol. The normalized spacial score (nSPS) is 11.9. The predicted octanol–water partition coefficient (Wildman–Crippen LogP) is 3.24. The molecule has 0 aliphatic rings. The fourth-order valence-corrected chi connectivity index (χ4v) is 2.35. The third kappa shape index (κ3) is 4.65. The van der Waals surface area contributed by atoms with Crippen molar-refractivity contribution in [2.45, 2.75) is 19.5 Å². The zero-order valence-corrected chi connectivity index (χ0v) is 13.3. The van der Waals surface area contributed by atoms with Crippen LogP contribution < -0.4 is 5.32 Å². The Morgan fingerprint density at radius 1 is 1.33 bits per heavy atom. The van der Waals surface area contributed by atoms with E-state index < -0.39 is 6.04 Å². The van der Waals surface area contributed by atoms with Crippen molar-refractivity contribution in [3.8, 4) is 0 Å². The highest BCUT2D eigenvalue weighted by molar-refractivity contribution is 9.10. The molecule has 0 spiro atoms. The van der Waals surface area contributed by atoms with Gasteiger partial charge >= 0.3 is 5.97 Å². The molecule has 0 amide bonds. The molecule has 21 heavy (non-hydrogen) atoms. The second kappa shape index (κ2) is 7.90. The number of ether oxygens (including phenoxy) is 1. The molecule has 1 heterocycles. The summed E-state index contributed by atoms with van der Waals surface area (Å²) in [5.74, 6) is -0.298.